The van der Waals surface area contributed by atoms with Gasteiger partial charge in [0, 0.05) is 14.1 Å². The molecule has 0 aliphatic rings. The van der Waals surface area contributed by atoms with Gasteiger partial charge in [-0.15, -0.1) is 0 Å². The van der Waals surface area contributed by atoms with E-state index in [2.05, 4.69) is 4.72 Å². The zero-order valence-corrected chi connectivity index (χ0v) is 16.7. The minimum Gasteiger partial charge on any atom is -0.408 e. The molecular weight excluding hydrogens is 396 g/mol. The lowest BCUT2D eigenvalue weighted by Gasteiger charge is -2.12. The van der Waals surface area contributed by atoms with Crippen LogP contribution in [0.15, 0.2) is 67.4 Å². The lowest BCUT2D eigenvalue weighted by molar-refractivity contribution is 0.528. The lowest BCUT2D eigenvalue weighted by atomic mass is 10.3. The third-order valence-corrected chi connectivity index (χ3v) is 6.13. The van der Waals surface area contributed by atoms with E-state index in [1.165, 1.54) is 39.2 Å². The van der Waals surface area contributed by atoms with Crippen molar-refractivity contribution in [1.29, 1.82) is 0 Å². The Morgan fingerprint density at radius 3 is 2.38 bits per heavy atom. The molecule has 0 aliphatic carbocycles. The van der Waals surface area contributed by atoms with Gasteiger partial charge in [0.05, 0.1) is 21.7 Å². The molecule has 4 aromatic rings. The highest BCUT2D eigenvalue weighted by Crippen LogP contribution is 2.22. The molecule has 150 valence electrons. The molecule has 4 rings (SSSR count). The smallest absolute Gasteiger partial charge is 0.408 e. The maximum atomic E-state index is 13.0. The molecule has 0 fully saturated rings. The van der Waals surface area contributed by atoms with Gasteiger partial charge in [-0.1, -0.05) is 18.2 Å². The molecule has 2 heterocycles. The molecule has 0 saturated heterocycles. The number of fused-ring (bicyclic) bond motifs is 1. The highest BCUT2D eigenvalue weighted by molar-refractivity contribution is 7.92. The third kappa shape index (κ3) is 2.97. The van der Waals surface area contributed by atoms with Gasteiger partial charge >= 0.3 is 5.76 Å². The summed E-state index contributed by atoms with van der Waals surface area (Å²) in [5, 5.41) is 0. The van der Waals surface area contributed by atoms with Crippen molar-refractivity contribution in [2.24, 2.45) is 14.1 Å². The molecule has 1 N–H and O–H groups in total. The summed E-state index contributed by atoms with van der Waals surface area (Å²) in [6.07, 6.45) is 0. The van der Waals surface area contributed by atoms with Crippen LogP contribution in [0.1, 0.15) is 5.56 Å². The number of anilines is 1. The summed E-state index contributed by atoms with van der Waals surface area (Å²) in [5.74, 6) is -0.430. The van der Waals surface area contributed by atoms with E-state index in [1.54, 1.807) is 38.2 Å². The van der Waals surface area contributed by atoms with Crippen LogP contribution >= 0.6 is 0 Å². The predicted octanol–water partition coefficient (Wildman–Crippen LogP) is 1.73. The molecule has 0 saturated carbocycles. The van der Waals surface area contributed by atoms with Crippen molar-refractivity contribution in [3.8, 4) is 5.69 Å². The molecule has 0 unspecified atom stereocenters. The summed E-state index contributed by atoms with van der Waals surface area (Å²) in [5.41, 5.74) is 1.18. The molecule has 0 aliphatic heterocycles. The summed E-state index contributed by atoms with van der Waals surface area (Å²) in [6, 6.07) is 13.0. The van der Waals surface area contributed by atoms with E-state index < -0.39 is 15.8 Å². The maximum Gasteiger partial charge on any atom is 0.419 e. The topological polar surface area (TPSA) is 108 Å². The van der Waals surface area contributed by atoms with Crippen molar-refractivity contribution in [1.82, 2.24) is 13.9 Å². The van der Waals surface area contributed by atoms with Crippen LogP contribution in [0.4, 0.5) is 5.82 Å². The van der Waals surface area contributed by atoms with Crippen molar-refractivity contribution in [3.05, 3.63) is 75.0 Å². The number of nitrogens with one attached hydrogen (secondary N) is 1. The van der Waals surface area contributed by atoms with Gasteiger partial charge < -0.3 is 4.42 Å². The average molecular weight is 414 g/mol. The van der Waals surface area contributed by atoms with E-state index in [9.17, 15) is 18.0 Å². The summed E-state index contributed by atoms with van der Waals surface area (Å²) >= 11 is 0. The first-order valence-electron chi connectivity index (χ1n) is 8.67. The molecule has 29 heavy (non-hydrogen) atoms. The number of nitrogens with zero attached hydrogens (tertiary/aromatic N) is 3. The zero-order valence-electron chi connectivity index (χ0n) is 15.9. The van der Waals surface area contributed by atoms with Crippen LogP contribution in [0.5, 0.6) is 0 Å². The molecule has 2 aromatic heterocycles. The largest absolute Gasteiger partial charge is 0.419 e. The first kappa shape index (κ1) is 18.8. The van der Waals surface area contributed by atoms with Crippen molar-refractivity contribution >= 4 is 26.9 Å². The number of aryl methyl sites for hydroxylation is 1. The fourth-order valence-corrected chi connectivity index (χ4v) is 4.37. The first-order chi connectivity index (χ1) is 13.7. The summed E-state index contributed by atoms with van der Waals surface area (Å²) in [6.45, 7) is 1.56. The van der Waals surface area contributed by atoms with Crippen LogP contribution in [0.25, 0.3) is 16.8 Å². The first-order valence-corrected chi connectivity index (χ1v) is 10.2. The van der Waals surface area contributed by atoms with Crippen molar-refractivity contribution < 1.29 is 12.8 Å². The number of sulfonamides is 1. The summed E-state index contributed by atoms with van der Waals surface area (Å²) < 4.78 is 37.5. The highest BCUT2D eigenvalue weighted by atomic mass is 32.2. The summed E-state index contributed by atoms with van der Waals surface area (Å²) in [7, 11) is -0.932. The van der Waals surface area contributed by atoms with Crippen LogP contribution < -0.4 is 16.0 Å². The monoisotopic (exact) mass is 414 g/mol. The number of rotatable bonds is 4. The second kappa shape index (κ2) is 6.52. The second-order valence-corrected chi connectivity index (χ2v) is 8.29. The van der Waals surface area contributed by atoms with E-state index in [-0.39, 0.29) is 27.4 Å². The standard InChI is InChI=1S/C19H18N4O5S/c1-12-17(22(3)23(18(12)24)13-7-5-4-6-8-13)20-29(26,27)14-9-10-16-15(11-14)21(2)19(25)28-16/h4-11,20H,1-3H3. The lowest BCUT2D eigenvalue weighted by Crippen LogP contribution is -2.20. The van der Waals surface area contributed by atoms with Crippen molar-refractivity contribution in [3.63, 3.8) is 0 Å². The van der Waals surface area contributed by atoms with Crippen LogP contribution in [0, 0.1) is 6.92 Å². The minimum atomic E-state index is -4.02. The molecule has 10 heteroatoms. The van der Waals surface area contributed by atoms with Crippen LogP contribution in [-0.4, -0.2) is 22.3 Å². The van der Waals surface area contributed by atoms with E-state index in [1.807, 2.05) is 6.07 Å². The van der Waals surface area contributed by atoms with E-state index >= 15 is 0 Å². The Balaban J connectivity index is 1.81. The Bertz CT molecular complexity index is 1460. The Labute approximate surface area is 165 Å². The van der Waals surface area contributed by atoms with E-state index in [0.717, 1.165) is 0 Å². The number of aromatic nitrogens is 3. The molecule has 0 radical (unpaired) electrons. The molecule has 2 aromatic carbocycles. The molecular formula is C19H18N4O5S. The van der Waals surface area contributed by atoms with Gasteiger partial charge in [-0.3, -0.25) is 18.8 Å². The van der Waals surface area contributed by atoms with Crippen molar-refractivity contribution in [2.75, 3.05) is 4.72 Å². The fraction of sp³-hybridized carbons (Fsp3) is 0.158. The van der Waals surface area contributed by atoms with E-state index in [0.29, 0.717) is 11.2 Å². The molecule has 0 atom stereocenters. The van der Waals surface area contributed by atoms with Gasteiger partial charge in [0.1, 0.15) is 5.82 Å². The number of para-hydroxylation sites is 1. The average Bonchev–Trinajstić information content (AvgIpc) is 3.10. The highest BCUT2D eigenvalue weighted by Gasteiger charge is 2.23. The second-order valence-electron chi connectivity index (χ2n) is 6.61. The zero-order chi connectivity index (χ0) is 20.9. The number of hydrogen-bond acceptors (Lipinski definition) is 5. The Morgan fingerprint density at radius 1 is 1.00 bits per heavy atom. The number of benzene rings is 2. The van der Waals surface area contributed by atoms with Gasteiger partial charge in [0.25, 0.3) is 15.6 Å². The van der Waals surface area contributed by atoms with Gasteiger partial charge in [-0.2, -0.15) is 0 Å². The molecule has 9 nitrogen and oxygen atoms in total. The van der Waals surface area contributed by atoms with E-state index in [4.69, 9.17) is 4.42 Å². The predicted molar refractivity (Wildman–Crippen MR) is 108 cm³/mol. The van der Waals surface area contributed by atoms with Gasteiger partial charge in [0.15, 0.2) is 5.58 Å². The van der Waals surface area contributed by atoms with Crippen LogP contribution in [-0.2, 0) is 24.1 Å². The summed E-state index contributed by atoms with van der Waals surface area (Å²) in [4.78, 5) is 24.3. The fourth-order valence-electron chi connectivity index (χ4n) is 3.20. The van der Waals surface area contributed by atoms with Gasteiger partial charge in [0.2, 0.25) is 0 Å². The minimum absolute atomic E-state index is 0.0549. The number of oxazole rings is 1. The third-order valence-electron chi connectivity index (χ3n) is 4.80. The Hall–Kier alpha value is -3.53. The maximum absolute atomic E-state index is 13.0. The van der Waals surface area contributed by atoms with Crippen molar-refractivity contribution in [2.45, 2.75) is 11.8 Å². The number of hydrogen-bond donors (Lipinski definition) is 1. The van der Waals surface area contributed by atoms with Crippen LogP contribution in [0.3, 0.4) is 0 Å². The van der Waals surface area contributed by atoms with Gasteiger partial charge in [-0.25, -0.2) is 17.9 Å². The normalized spacial score (nSPS) is 11.8. The van der Waals surface area contributed by atoms with Crippen LogP contribution in [0.2, 0.25) is 0 Å². The molecule has 0 amide bonds. The van der Waals surface area contributed by atoms with Gasteiger partial charge in [-0.05, 0) is 37.3 Å². The quantitative estimate of drug-likeness (QED) is 0.547. The Kier molecular flexibility index (Phi) is 4.23. The molecule has 0 bridgehead atoms. The molecule has 0 spiro atoms. The Morgan fingerprint density at radius 2 is 1.69 bits per heavy atom. The SMILES string of the molecule is Cc1c(NS(=O)(=O)c2ccc3oc(=O)n(C)c3c2)n(C)n(-c2ccccc2)c1=O.